The van der Waals surface area contributed by atoms with Crippen LogP contribution < -0.4 is 4.90 Å². The Labute approximate surface area is 95.9 Å². The van der Waals surface area contributed by atoms with Crippen molar-refractivity contribution in [2.24, 2.45) is 0 Å². The average molecular weight is 219 g/mol. The number of aryl methyl sites for hydroxylation is 1. The molecule has 4 nitrogen and oxygen atoms in total. The molecule has 1 saturated heterocycles. The van der Waals surface area contributed by atoms with Crippen molar-refractivity contribution in [3.63, 3.8) is 0 Å². The van der Waals surface area contributed by atoms with Gasteiger partial charge in [-0.15, -0.1) is 0 Å². The van der Waals surface area contributed by atoms with Gasteiger partial charge in [-0.2, -0.15) is 0 Å². The maximum absolute atomic E-state index is 10.8. The predicted octanol–water partition coefficient (Wildman–Crippen LogP) is 1.06. The molecular weight excluding hydrogens is 202 g/mol. The molecule has 1 atom stereocenters. The number of aromatic nitrogens is 1. The van der Waals surface area contributed by atoms with Crippen molar-refractivity contribution in [2.45, 2.75) is 19.9 Å². The smallest absolute Gasteiger partial charge is 0.210 e. The van der Waals surface area contributed by atoms with Gasteiger partial charge in [-0.1, -0.05) is 6.07 Å². The molecule has 0 radical (unpaired) electrons. The molecule has 1 aromatic rings. The molecule has 0 unspecified atom stereocenters. The summed E-state index contributed by atoms with van der Waals surface area (Å²) in [5.41, 5.74) is 1.19. The van der Waals surface area contributed by atoms with Crippen LogP contribution in [0.15, 0.2) is 18.3 Å². The number of carbonyl (C=O) groups excluding carboxylic acids is 1. The van der Waals surface area contributed by atoms with Gasteiger partial charge in [0.2, 0.25) is 6.41 Å². The lowest BCUT2D eigenvalue weighted by molar-refractivity contribution is -0.120. The Morgan fingerprint density at radius 1 is 1.50 bits per heavy atom. The van der Waals surface area contributed by atoms with Gasteiger partial charge in [0.05, 0.1) is 0 Å². The van der Waals surface area contributed by atoms with Gasteiger partial charge >= 0.3 is 0 Å². The number of hydrogen-bond acceptors (Lipinski definition) is 3. The van der Waals surface area contributed by atoms with Crippen LogP contribution >= 0.6 is 0 Å². The van der Waals surface area contributed by atoms with E-state index >= 15 is 0 Å². The maximum atomic E-state index is 10.8. The van der Waals surface area contributed by atoms with E-state index < -0.39 is 0 Å². The van der Waals surface area contributed by atoms with Gasteiger partial charge in [-0.3, -0.25) is 4.79 Å². The summed E-state index contributed by atoms with van der Waals surface area (Å²) in [6, 6.07) is 4.27. The van der Waals surface area contributed by atoms with Crippen molar-refractivity contribution in [1.82, 2.24) is 9.88 Å². The van der Waals surface area contributed by atoms with Crippen LogP contribution in [-0.2, 0) is 4.79 Å². The molecule has 1 aliphatic heterocycles. The topological polar surface area (TPSA) is 36.4 Å². The molecule has 0 aliphatic carbocycles. The van der Waals surface area contributed by atoms with E-state index in [0.717, 1.165) is 31.9 Å². The molecule has 1 fully saturated rings. The quantitative estimate of drug-likeness (QED) is 0.698. The highest BCUT2D eigenvalue weighted by Gasteiger charge is 2.23. The zero-order valence-electron chi connectivity index (χ0n) is 9.76. The van der Waals surface area contributed by atoms with E-state index in [2.05, 4.69) is 29.8 Å². The summed E-state index contributed by atoms with van der Waals surface area (Å²) >= 11 is 0. The van der Waals surface area contributed by atoms with Crippen molar-refractivity contribution in [2.75, 3.05) is 24.5 Å². The average Bonchev–Trinajstić information content (AvgIpc) is 2.29. The fraction of sp³-hybridized carbons (Fsp3) is 0.500. The van der Waals surface area contributed by atoms with E-state index in [4.69, 9.17) is 0 Å². The number of carbonyl (C=O) groups is 1. The molecule has 1 amide bonds. The molecule has 0 bridgehead atoms. The molecule has 0 N–H and O–H groups in total. The number of nitrogens with zero attached hydrogens (tertiary/aromatic N) is 3. The molecule has 1 aliphatic rings. The van der Waals surface area contributed by atoms with Gasteiger partial charge in [0, 0.05) is 31.9 Å². The molecule has 2 heterocycles. The SMILES string of the molecule is Cc1cccnc1N1CCN(C=O)[C@H](C)C1. The van der Waals surface area contributed by atoms with E-state index in [0.29, 0.717) is 0 Å². The first kappa shape index (κ1) is 10.9. The van der Waals surface area contributed by atoms with Crippen LogP contribution in [-0.4, -0.2) is 42.0 Å². The summed E-state index contributed by atoms with van der Waals surface area (Å²) in [6.45, 7) is 6.64. The van der Waals surface area contributed by atoms with Crippen LogP contribution in [0.3, 0.4) is 0 Å². The predicted molar refractivity (Wildman–Crippen MR) is 63.4 cm³/mol. The number of rotatable bonds is 2. The highest BCUT2D eigenvalue weighted by Crippen LogP contribution is 2.19. The van der Waals surface area contributed by atoms with Crippen LogP contribution in [0, 0.1) is 6.92 Å². The second-order valence-corrected chi connectivity index (χ2v) is 4.28. The van der Waals surface area contributed by atoms with E-state index in [1.54, 1.807) is 0 Å². The minimum atomic E-state index is 0.257. The Kier molecular flexibility index (Phi) is 3.08. The van der Waals surface area contributed by atoms with E-state index in [1.165, 1.54) is 5.56 Å². The molecule has 86 valence electrons. The highest BCUT2D eigenvalue weighted by molar-refractivity contribution is 5.51. The summed E-state index contributed by atoms with van der Waals surface area (Å²) in [6.07, 6.45) is 2.76. The van der Waals surface area contributed by atoms with Crippen LogP contribution in [0.2, 0.25) is 0 Å². The number of amides is 1. The molecule has 0 spiro atoms. The van der Waals surface area contributed by atoms with Crippen molar-refractivity contribution < 1.29 is 4.79 Å². The van der Waals surface area contributed by atoms with Crippen molar-refractivity contribution in [3.05, 3.63) is 23.9 Å². The second kappa shape index (κ2) is 4.51. The lowest BCUT2D eigenvalue weighted by Crippen LogP contribution is -2.51. The second-order valence-electron chi connectivity index (χ2n) is 4.28. The third-order valence-electron chi connectivity index (χ3n) is 3.10. The molecule has 0 saturated carbocycles. The van der Waals surface area contributed by atoms with Crippen LogP contribution in [0.1, 0.15) is 12.5 Å². The minimum Gasteiger partial charge on any atom is -0.353 e. The molecule has 0 aromatic carbocycles. The van der Waals surface area contributed by atoms with Gasteiger partial charge < -0.3 is 9.80 Å². The van der Waals surface area contributed by atoms with Crippen LogP contribution in [0.4, 0.5) is 5.82 Å². The number of hydrogen-bond donors (Lipinski definition) is 0. The van der Waals surface area contributed by atoms with Gasteiger partial charge in [0.25, 0.3) is 0 Å². The van der Waals surface area contributed by atoms with Gasteiger partial charge in [0.15, 0.2) is 0 Å². The van der Waals surface area contributed by atoms with E-state index in [1.807, 2.05) is 17.2 Å². The third kappa shape index (κ3) is 2.01. The first-order chi connectivity index (χ1) is 7.72. The standard InChI is InChI=1S/C12H17N3O/c1-10-4-3-5-13-12(10)14-6-7-15(9-16)11(2)8-14/h3-5,9,11H,6-8H2,1-2H3/t11-/m1/s1. The maximum Gasteiger partial charge on any atom is 0.210 e. The lowest BCUT2D eigenvalue weighted by atomic mass is 10.2. The molecule has 4 heteroatoms. The van der Waals surface area contributed by atoms with E-state index in [-0.39, 0.29) is 6.04 Å². The summed E-state index contributed by atoms with van der Waals surface area (Å²) in [5, 5.41) is 0. The van der Waals surface area contributed by atoms with Crippen molar-refractivity contribution in [1.29, 1.82) is 0 Å². The molecule has 16 heavy (non-hydrogen) atoms. The number of anilines is 1. The molecular formula is C12H17N3O. The zero-order valence-corrected chi connectivity index (χ0v) is 9.76. The summed E-state index contributed by atoms with van der Waals surface area (Å²) in [7, 11) is 0. The fourth-order valence-electron chi connectivity index (χ4n) is 2.13. The van der Waals surface area contributed by atoms with E-state index in [9.17, 15) is 4.79 Å². The Hall–Kier alpha value is -1.58. The van der Waals surface area contributed by atoms with Crippen LogP contribution in [0.5, 0.6) is 0 Å². The first-order valence-electron chi connectivity index (χ1n) is 5.60. The van der Waals surface area contributed by atoms with Crippen molar-refractivity contribution in [3.8, 4) is 0 Å². The summed E-state index contributed by atoms with van der Waals surface area (Å²) < 4.78 is 0. The van der Waals surface area contributed by atoms with Crippen LogP contribution in [0.25, 0.3) is 0 Å². The number of pyridine rings is 1. The van der Waals surface area contributed by atoms with Crippen molar-refractivity contribution >= 4 is 12.2 Å². The largest absolute Gasteiger partial charge is 0.353 e. The first-order valence-corrected chi connectivity index (χ1v) is 5.60. The minimum absolute atomic E-state index is 0.257. The Morgan fingerprint density at radius 3 is 2.94 bits per heavy atom. The Balaban J connectivity index is 2.13. The van der Waals surface area contributed by atoms with Gasteiger partial charge in [-0.05, 0) is 25.5 Å². The van der Waals surface area contributed by atoms with Gasteiger partial charge in [0.1, 0.15) is 5.82 Å². The Morgan fingerprint density at radius 2 is 2.31 bits per heavy atom. The number of piperazine rings is 1. The Bertz CT molecular complexity index is 380. The molecule has 1 aromatic heterocycles. The highest BCUT2D eigenvalue weighted by atomic mass is 16.1. The monoisotopic (exact) mass is 219 g/mol. The summed E-state index contributed by atoms with van der Waals surface area (Å²) in [4.78, 5) is 19.3. The summed E-state index contributed by atoms with van der Waals surface area (Å²) in [5.74, 6) is 1.04. The fourth-order valence-corrected chi connectivity index (χ4v) is 2.13. The van der Waals surface area contributed by atoms with Gasteiger partial charge in [-0.25, -0.2) is 4.98 Å². The molecule has 2 rings (SSSR count). The lowest BCUT2D eigenvalue weighted by Gasteiger charge is -2.38. The third-order valence-corrected chi connectivity index (χ3v) is 3.10. The normalized spacial score (nSPS) is 21.0. The zero-order chi connectivity index (χ0) is 11.5.